The monoisotopic (exact) mass is 346 g/mol. The molecule has 0 radical (unpaired) electrons. The van der Waals surface area contributed by atoms with Gasteiger partial charge in [0.05, 0.1) is 11.6 Å². The van der Waals surface area contributed by atoms with Crippen LogP contribution in [0.1, 0.15) is 39.2 Å². The van der Waals surface area contributed by atoms with Gasteiger partial charge in [0.1, 0.15) is 5.82 Å². The maximum Gasteiger partial charge on any atom is 0.124 e. The predicted molar refractivity (Wildman–Crippen MR) is 83.9 cm³/mol. The second kappa shape index (κ2) is 8.08. The molecule has 1 aromatic rings. The lowest BCUT2D eigenvalue weighted by Gasteiger charge is -2.39. The first-order chi connectivity index (χ1) is 9.52. The number of ether oxygens (including phenoxy) is 1. The van der Waals surface area contributed by atoms with Gasteiger partial charge in [0.2, 0.25) is 0 Å². The van der Waals surface area contributed by atoms with Crippen molar-refractivity contribution in [1.29, 1.82) is 0 Å². The number of rotatable bonds is 8. The standard InChI is InChI=1S/C15H24BrFN2O/c1-4-15(5-2,20-6-3)14(19-18)9-11-7-8-12(17)10-13(11)16/h7-8,10,14,19H,4-6,9,18H2,1-3H3. The molecule has 0 heterocycles. The Morgan fingerprint density at radius 1 is 1.35 bits per heavy atom. The molecule has 0 saturated heterocycles. The zero-order valence-corrected chi connectivity index (χ0v) is 14.0. The number of benzene rings is 1. The van der Waals surface area contributed by atoms with E-state index in [4.69, 9.17) is 10.6 Å². The average Bonchev–Trinajstić information content (AvgIpc) is 2.44. The van der Waals surface area contributed by atoms with Crippen molar-refractivity contribution in [3.63, 3.8) is 0 Å². The summed E-state index contributed by atoms with van der Waals surface area (Å²) in [6, 6.07) is 4.70. The molecule has 0 aliphatic rings. The number of hydrogen-bond donors (Lipinski definition) is 2. The number of nitrogens with one attached hydrogen (secondary N) is 1. The summed E-state index contributed by atoms with van der Waals surface area (Å²) in [5.74, 6) is 5.50. The summed E-state index contributed by atoms with van der Waals surface area (Å²) in [6.07, 6.45) is 2.41. The molecule has 0 aliphatic carbocycles. The quantitative estimate of drug-likeness (QED) is 0.558. The lowest BCUT2D eigenvalue weighted by Crippen LogP contribution is -2.55. The van der Waals surface area contributed by atoms with Crippen molar-refractivity contribution >= 4 is 15.9 Å². The van der Waals surface area contributed by atoms with E-state index in [0.717, 1.165) is 22.9 Å². The van der Waals surface area contributed by atoms with Crippen molar-refractivity contribution in [2.24, 2.45) is 5.84 Å². The van der Waals surface area contributed by atoms with Gasteiger partial charge in [0.25, 0.3) is 0 Å². The summed E-state index contributed by atoms with van der Waals surface area (Å²) in [6.45, 7) is 6.83. The van der Waals surface area contributed by atoms with Gasteiger partial charge in [-0.2, -0.15) is 0 Å². The number of hydrogen-bond acceptors (Lipinski definition) is 3. The van der Waals surface area contributed by atoms with Crippen molar-refractivity contribution in [3.8, 4) is 0 Å². The smallest absolute Gasteiger partial charge is 0.124 e. The molecule has 114 valence electrons. The fraction of sp³-hybridized carbons (Fsp3) is 0.600. The molecule has 0 bridgehead atoms. The number of halogens is 2. The molecule has 0 saturated carbocycles. The van der Waals surface area contributed by atoms with Crippen LogP contribution in [-0.4, -0.2) is 18.2 Å². The first-order valence-electron chi connectivity index (χ1n) is 7.07. The Morgan fingerprint density at radius 2 is 2.00 bits per heavy atom. The van der Waals surface area contributed by atoms with Gasteiger partial charge >= 0.3 is 0 Å². The van der Waals surface area contributed by atoms with E-state index in [1.807, 2.05) is 6.92 Å². The predicted octanol–water partition coefficient (Wildman–Crippen LogP) is 3.56. The molecule has 1 unspecified atom stereocenters. The molecule has 1 rings (SSSR count). The van der Waals surface area contributed by atoms with Crippen LogP contribution in [0.4, 0.5) is 4.39 Å². The summed E-state index contributed by atoms with van der Waals surface area (Å²) in [5.41, 5.74) is 3.59. The zero-order chi connectivity index (χ0) is 15.2. The Hall–Kier alpha value is -0.490. The maximum atomic E-state index is 13.2. The molecule has 3 nitrogen and oxygen atoms in total. The first-order valence-corrected chi connectivity index (χ1v) is 7.86. The summed E-state index contributed by atoms with van der Waals surface area (Å²) in [5, 5.41) is 0. The van der Waals surface area contributed by atoms with Crippen LogP contribution in [0.5, 0.6) is 0 Å². The van der Waals surface area contributed by atoms with Crippen molar-refractivity contribution in [2.45, 2.75) is 51.7 Å². The highest BCUT2D eigenvalue weighted by Crippen LogP contribution is 2.29. The van der Waals surface area contributed by atoms with Crippen molar-refractivity contribution in [3.05, 3.63) is 34.1 Å². The van der Waals surface area contributed by atoms with Gasteiger partial charge in [0, 0.05) is 11.1 Å². The van der Waals surface area contributed by atoms with E-state index in [1.165, 1.54) is 12.1 Å². The van der Waals surface area contributed by atoms with Crippen LogP contribution in [0, 0.1) is 5.82 Å². The van der Waals surface area contributed by atoms with Gasteiger partial charge in [0.15, 0.2) is 0 Å². The van der Waals surface area contributed by atoms with Gasteiger partial charge in [-0.15, -0.1) is 0 Å². The normalized spacial score (nSPS) is 13.5. The average molecular weight is 347 g/mol. The van der Waals surface area contributed by atoms with E-state index in [1.54, 1.807) is 6.07 Å². The Kier molecular flexibility index (Phi) is 7.09. The second-order valence-electron chi connectivity index (χ2n) is 4.86. The van der Waals surface area contributed by atoms with Gasteiger partial charge in [-0.05, 0) is 43.9 Å². The third kappa shape index (κ3) is 4.01. The van der Waals surface area contributed by atoms with Gasteiger partial charge < -0.3 is 4.74 Å². The molecule has 0 aromatic heterocycles. The third-order valence-corrected chi connectivity index (χ3v) is 4.64. The molecule has 0 spiro atoms. The zero-order valence-electron chi connectivity index (χ0n) is 12.4. The Morgan fingerprint density at radius 3 is 2.45 bits per heavy atom. The van der Waals surface area contributed by atoms with E-state index in [-0.39, 0.29) is 17.5 Å². The van der Waals surface area contributed by atoms with Crippen molar-refractivity contribution in [2.75, 3.05) is 6.61 Å². The van der Waals surface area contributed by atoms with Crippen LogP contribution in [0.25, 0.3) is 0 Å². The molecule has 20 heavy (non-hydrogen) atoms. The molecular formula is C15H24BrFN2O. The Labute approximate surface area is 129 Å². The molecule has 1 aromatic carbocycles. The summed E-state index contributed by atoms with van der Waals surface area (Å²) < 4.78 is 19.9. The van der Waals surface area contributed by atoms with Crippen LogP contribution in [0.2, 0.25) is 0 Å². The van der Waals surface area contributed by atoms with E-state index < -0.39 is 0 Å². The van der Waals surface area contributed by atoms with E-state index >= 15 is 0 Å². The Bertz CT molecular complexity index is 424. The van der Waals surface area contributed by atoms with Crippen LogP contribution in [0.15, 0.2) is 22.7 Å². The molecule has 0 amide bonds. The van der Waals surface area contributed by atoms with E-state index in [2.05, 4.69) is 35.2 Å². The van der Waals surface area contributed by atoms with Gasteiger partial charge in [-0.1, -0.05) is 35.8 Å². The Balaban J connectivity index is 2.99. The number of nitrogens with two attached hydrogens (primary N) is 1. The lowest BCUT2D eigenvalue weighted by molar-refractivity contribution is -0.0720. The second-order valence-corrected chi connectivity index (χ2v) is 5.72. The third-order valence-electron chi connectivity index (χ3n) is 3.90. The summed E-state index contributed by atoms with van der Waals surface area (Å²) >= 11 is 3.40. The number of hydrazine groups is 1. The largest absolute Gasteiger partial charge is 0.374 e. The summed E-state index contributed by atoms with van der Waals surface area (Å²) in [7, 11) is 0. The highest BCUT2D eigenvalue weighted by molar-refractivity contribution is 9.10. The SMILES string of the molecule is CCOC(CC)(CC)C(Cc1ccc(F)cc1Br)NN. The molecule has 0 aliphatic heterocycles. The van der Waals surface area contributed by atoms with Crippen LogP contribution < -0.4 is 11.3 Å². The topological polar surface area (TPSA) is 47.3 Å². The highest BCUT2D eigenvalue weighted by atomic mass is 79.9. The van der Waals surface area contributed by atoms with Crippen LogP contribution >= 0.6 is 15.9 Å². The van der Waals surface area contributed by atoms with E-state index in [9.17, 15) is 4.39 Å². The minimum atomic E-state index is -0.308. The first kappa shape index (κ1) is 17.6. The fourth-order valence-corrected chi connectivity index (χ4v) is 3.15. The minimum absolute atomic E-state index is 0.0285. The molecule has 3 N–H and O–H groups in total. The van der Waals surface area contributed by atoms with E-state index in [0.29, 0.717) is 13.0 Å². The highest BCUT2D eigenvalue weighted by Gasteiger charge is 2.36. The van der Waals surface area contributed by atoms with Crippen molar-refractivity contribution in [1.82, 2.24) is 5.43 Å². The molecule has 1 atom stereocenters. The molecule has 5 heteroatoms. The van der Waals surface area contributed by atoms with Crippen molar-refractivity contribution < 1.29 is 9.13 Å². The van der Waals surface area contributed by atoms with Gasteiger partial charge in [-0.3, -0.25) is 11.3 Å². The fourth-order valence-electron chi connectivity index (χ4n) is 2.64. The lowest BCUT2D eigenvalue weighted by atomic mass is 9.84. The van der Waals surface area contributed by atoms with Gasteiger partial charge in [-0.25, -0.2) is 4.39 Å². The van der Waals surface area contributed by atoms with Crippen LogP contribution in [0.3, 0.4) is 0 Å². The minimum Gasteiger partial charge on any atom is -0.374 e. The molecular weight excluding hydrogens is 323 g/mol. The summed E-state index contributed by atoms with van der Waals surface area (Å²) in [4.78, 5) is 0. The molecule has 0 fully saturated rings. The van der Waals surface area contributed by atoms with Crippen LogP contribution in [-0.2, 0) is 11.2 Å². The maximum absolute atomic E-state index is 13.2.